The highest BCUT2D eigenvalue weighted by Crippen LogP contribution is 2.54. The Morgan fingerprint density at radius 2 is 1.95 bits per heavy atom. The summed E-state index contributed by atoms with van der Waals surface area (Å²) in [4.78, 5) is 13.6. The maximum Gasteiger partial charge on any atom is 0.224 e. The van der Waals surface area contributed by atoms with Crippen molar-refractivity contribution in [3.05, 3.63) is 42.4 Å². The molecule has 2 heterocycles. The van der Waals surface area contributed by atoms with Gasteiger partial charge < -0.3 is 5.32 Å². The molecule has 3 saturated carbocycles. The molecule has 0 radical (unpaired) electrons. The van der Waals surface area contributed by atoms with Crippen LogP contribution >= 0.6 is 0 Å². The molecule has 1 aromatic carbocycles. The van der Waals surface area contributed by atoms with Crippen LogP contribution in [0.2, 0.25) is 0 Å². The minimum absolute atomic E-state index is 0.593. The predicted octanol–water partition coefficient (Wildman–Crippen LogP) is 2.94. The highest BCUT2D eigenvalue weighted by atomic mass is 15.2. The van der Waals surface area contributed by atoms with E-state index in [0.717, 1.165) is 40.2 Å². The largest absolute Gasteiger partial charge is 0.351 e. The van der Waals surface area contributed by atoms with E-state index in [2.05, 4.69) is 21.4 Å². The Bertz CT molecular complexity index is 854. The number of nitrogens with zero attached hydrogens (tertiary/aromatic N) is 4. The number of anilines is 1. The number of imidazole rings is 1. The molecule has 3 aliphatic rings. The smallest absolute Gasteiger partial charge is 0.224 e. The zero-order valence-corrected chi connectivity index (χ0v) is 12.4. The van der Waals surface area contributed by atoms with Gasteiger partial charge in [-0.15, -0.1) is 0 Å². The first-order chi connectivity index (χ1) is 10.8. The molecule has 3 fully saturated rings. The van der Waals surface area contributed by atoms with Crippen LogP contribution in [0.4, 0.5) is 5.95 Å². The summed E-state index contributed by atoms with van der Waals surface area (Å²) in [5.74, 6) is 3.32. The first-order valence-electron chi connectivity index (χ1n) is 7.82. The molecule has 3 aliphatic carbocycles. The Kier molecular flexibility index (Phi) is 2.37. The summed E-state index contributed by atoms with van der Waals surface area (Å²) < 4.78 is 2.04. The van der Waals surface area contributed by atoms with Gasteiger partial charge in [0.1, 0.15) is 12.1 Å². The van der Waals surface area contributed by atoms with Crippen LogP contribution < -0.4 is 5.32 Å². The molecule has 0 amide bonds. The second kappa shape index (κ2) is 4.29. The lowest BCUT2D eigenvalue weighted by Gasteiger charge is -2.58. The van der Waals surface area contributed by atoms with Crippen LogP contribution in [0.25, 0.3) is 16.9 Å². The summed E-state index contributed by atoms with van der Waals surface area (Å²) in [6.07, 6.45) is 6.49. The summed E-state index contributed by atoms with van der Waals surface area (Å²) in [6.45, 7) is 2.04. The number of benzene rings is 1. The molecular weight excluding hydrogens is 274 g/mol. The van der Waals surface area contributed by atoms with Crippen molar-refractivity contribution in [1.82, 2.24) is 19.5 Å². The maximum atomic E-state index is 4.74. The fourth-order valence-corrected chi connectivity index (χ4v) is 3.55. The Morgan fingerprint density at radius 1 is 1.14 bits per heavy atom. The first kappa shape index (κ1) is 12.1. The van der Waals surface area contributed by atoms with E-state index < -0.39 is 0 Å². The van der Waals surface area contributed by atoms with Crippen molar-refractivity contribution in [3.63, 3.8) is 0 Å². The van der Waals surface area contributed by atoms with Gasteiger partial charge in [0.15, 0.2) is 0 Å². The molecule has 1 N–H and O–H groups in total. The minimum atomic E-state index is 0.593. The van der Waals surface area contributed by atoms with E-state index in [1.807, 2.05) is 42.2 Å². The van der Waals surface area contributed by atoms with Crippen molar-refractivity contribution in [2.75, 3.05) is 5.32 Å². The van der Waals surface area contributed by atoms with Crippen molar-refractivity contribution in [2.24, 2.45) is 11.8 Å². The lowest BCUT2D eigenvalue weighted by molar-refractivity contribution is -0.00435. The number of hydrogen-bond acceptors (Lipinski definition) is 4. The van der Waals surface area contributed by atoms with Gasteiger partial charge in [0.05, 0.1) is 11.0 Å². The maximum absolute atomic E-state index is 4.74. The second-order valence-corrected chi connectivity index (χ2v) is 6.47. The Labute approximate surface area is 128 Å². The average molecular weight is 291 g/mol. The highest BCUT2D eigenvalue weighted by Gasteiger charge is 2.52. The van der Waals surface area contributed by atoms with E-state index >= 15 is 0 Å². The van der Waals surface area contributed by atoms with Gasteiger partial charge in [-0.1, -0.05) is 12.1 Å². The van der Waals surface area contributed by atoms with Crippen LogP contribution in [-0.2, 0) is 0 Å². The molecule has 6 rings (SSSR count). The SMILES string of the molecule is Cc1cnc(NC2C3CC2C3)nc1-n1cnc2ccccc21. The lowest BCUT2D eigenvalue weighted by Crippen LogP contribution is -2.59. The van der Waals surface area contributed by atoms with Gasteiger partial charge in [0, 0.05) is 17.8 Å². The summed E-state index contributed by atoms with van der Waals surface area (Å²) in [5.41, 5.74) is 3.10. The zero-order valence-electron chi connectivity index (χ0n) is 12.4. The lowest BCUT2D eigenvalue weighted by atomic mass is 9.52. The van der Waals surface area contributed by atoms with E-state index in [1.54, 1.807) is 0 Å². The van der Waals surface area contributed by atoms with Gasteiger partial charge in [-0.25, -0.2) is 9.97 Å². The van der Waals surface area contributed by atoms with Crippen LogP contribution in [-0.4, -0.2) is 25.6 Å². The topological polar surface area (TPSA) is 55.6 Å². The van der Waals surface area contributed by atoms with Gasteiger partial charge in [-0.2, -0.15) is 4.98 Å². The van der Waals surface area contributed by atoms with Gasteiger partial charge >= 0.3 is 0 Å². The van der Waals surface area contributed by atoms with Crippen LogP contribution in [0.3, 0.4) is 0 Å². The van der Waals surface area contributed by atoms with Crippen molar-refractivity contribution < 1.29 is 0 Å². The Hall–Kier alpha value is -2.43. The highest BCUT2D eigenvalue weighted by molar-refractivity contribution is 5.77. The van der Waals surface area contributed by atoms with Crippen molar-refractivity contribution in [2.45, 2.75) is 25.8 Å². The molecule has 3 aromatic rings. The number of nitrogens with one attached hydrogen (secondary N) is 1. The third-order valence-electron chi connectivity index (χ3n) is 5.15. The number of aryl methyl sites for hydroxylation is 1. The molecule has 5 nitrogen and oxygen atoms in total. The van der Waals surface area contributed by atoms with Crippen LogP contribution in [0.15, 0.2) is 36.8 Å². The third-order valence-corrected chi connectivity index (χ3v) is 5.15. The normalized spacial score (nSPS) is 25.6. The van der Waals surface area contributed by atoms with Gasteiger partial charge in [0.2, 0.25) is 5.95 Å². The number of hydrogen-bond donors (Lipinski definition) is 1. The van der Waals surface area contributed by atoms with Crippen LogP contribution in [0.5, 0.6) is 0 Å². The predicted molar refractivity (Wildman–Crippen MR) is 85.0 cm³/mol. The minimum Gasteiger partial charge on any atom is -0.351 e. The summed E-state index contributed by atoms with van der Waals surface area (Å²) in [5, 5.41) is 3.50. The fourth-order valence-electron chi connectivity index (χ4n) is 3.55. The average Bonchev–Trinajstić information content (AvgIpc) is 2.88. The molecule has 0 unspecified atom stereocenters. The number of rotatable bonds is 3. The van der Waals surface area contributed by atoms with Gasteiger partial charge in [-0.3, -0.25) is 4.57 Å². The standard InChI is InChI=1S/C17H17N5/c1-10-8-18-17(20-15-11-6-12(15)7-11)21-16(10)22-9-19-13-4-2-3-5-14(13)22/h2-5,8-9,11-12,15H,6-7H2,1H3,(H,18,20,21). The quantitative estimate of drug-likeness (QED) is 0.806. The van der Waals surface area contributed by atoms with Crippen molar-refractivity contribution >= 4 is 17.0 Å². The molecular formula is C17H17N5. The molecule has 2 bridgehead atoms. The van der Waals surface area contributed by atoms with E-state index in [4.69, 9.17) is 4.98 Å². The van der Waals surface area contributed by atoms with E-state index in [9.17, 15) is 0 Å². The number of para-hydroxylation sites is 2. The number of aromatic nitrogens is 4. The van der Waals surface area contributed by atoms with Crippen molar-refractivity contribution in [3.8, 4) is 5.82 Å². The summed E-state index contributed by atoms with van der Waals surface area (Å²) in [6, 6.07) is 8.71. The fraction of sp³-hybridized carbons (Fsp3) is 0.353. The van der Waals surface area contributed by atoms with Gasteiger partial charge in [-0.05, 0) is 43.7 Å². The van der Waals surface area contributed by atoms with Crippen LogP contribution in [0.1, 0.15) is 18.4 Å². The molecule has 0 saturated heterocycles. The van der Waals surface area contributed by atoms with Crippen molar-refractivity contribution in [1.29, 1.82) is 0 Å². The molecule has 2 aromatic heterocycles. The molecule has 0 aliphatic heterocycles. The van der Waals surface area contributed by atoms with E-state index in [1.165, 1.54) is 12.8 Å². The molecule has 110 valence electrons. The monoisotopic (exact) mass is 291 g/mol. The van der Waals surface area contributed by atoms with E-state index in [-0.39, 0.29) is 0 Å². The molecule has 0 atom stereocenters. The third kappa shape index (κ3) is 1.62. The Morgan fingerprint density at radius 3 is 2.73 bits per heavy atom. The molecule has 0 spiro atoms. The summed E-state index contributed by atoms with van der Waals surface area (Å²) >= 11 is 0. The Balaban J connectivity index is 1.55. The van der Waals surface area contributed by atoms with Crippen LogP contribution in [0, 0.1) is 18.8 Å². The van der Waals surface area contributed by atoms with Gasteiger partial charge in [0.25, 0.3) is 0 Å². The number of fused-ring (bicyclic) bond motifs is 1. The molecule has 22 heavy (non-hydrogen) atoms. The molecule has 5 heteroatoms. The summed E-state index contributed by atoms with van der Waals surface area (Å²) in [7, 11) is 0. The zero-order chi connectivity index (χ0) is 14.7. The van der Waals surface area contributed by atoms with E-state index in [0.29, 0.717) is 6.04 Å². The second-order valence-electron chi connectivity index (χ2n) is 6.47. The first-order valence-corrected chi connectivity index (χ1v) is 7.82.